The lowest BCUT2D eigenvalue weighted by molar-refractivity contribution is 0.299. The van der Waals surface area contributed by atoms with E-state index in [1.807, 2.05) is 0 Å². The fraction of sp³-hybridized carbons (Fsp3) is 0.600. The first-order valence-corrected chi connectivity index (χ1v) is 8.58. The van der Waals surface area contributed by atoms with Gasteiger partial charge in [0.05, 0.1) is 0 Å². The fourth-order valence-electron chi connectivity index (χ4n) is 2.81. The van der Waals surface area contributed by atoms with E-state index in [9.17, 15) is 12.8 Å². The van der Waals surface area contributed by atoms with Crippen LogP contribution >= 0.6 is 0 Å². The number of hydrogen-bond donors (Lipinski definition) is 0. The Morgan fingerprint density at radius 3 is 2.55 bits per heavy atom. The quantitative estimate of drug-likeness (QED) is 0.855. The zero-order valence-corrected chi connectivity index (χ0v) is 12.9. The van der Waals surface area contributed by atoms with Gasteiger partial charge < -0.3 is 0 Å². The fourth-order valence-corrected chi connectivity index (χ4v) is 4.20. The van der Waals surface area contributed by atoms with Gasteiger partial charge in [0.15, 0.2) is 0 Å². The third-order valence-corrected chi connectivity index (χ3v) is 5.85. The summed E-state index contributed by atoms with van der Waals surface area (Å²) in [6.45, 7) is 2.25. The summed E-state index contributed by atoms with van der Waals surface area (Å²) >= 11 is 0. The van der Waals surface area contributed by atoms with Crippen molar-refractivity contribution in [1.82, 2.24) is 4.31 Å². The van der Waals surface area contributed by atoms with Gasteiger partial charge in [0.1, 0.15) is 10.7 Å². The minimum atomic E-state index is -3.73. The summed E-state index contributed by atoms with van der Waals surface area (Å²) in [6, 6.07) is 4.20. The Kier molecular flexibility index (Phi) is 4.81. The van der Waals surface area contributed by atoms with Gasteiger partial charge in [-0.05, 0) is 43.4 Å². The molecule has 1 aromatic carbocycles. The molecule has 5 heteroatoms. The second-order valence-electron chi connectivity index (χ2n) is 5.72. The van der Waals surface area contributed by atoms with Crippen molar-refractivity contribution in [2.24, 2.45) is 5.92 Å². The van der Waals surface area contributed by atoms with Crippen LogP contribution < -0.4 is 0 Å². The normalized spacial score (nSPS) is 17.6. The summed E-state index contributed by atoms with van der Waals surface area (Å²) in [7, 11) is -2.19. The average molecular weight is 299 g/mol. The third kappa shape index (κ3) is 3.38. The molecule has 0 spiro atoms. The van der Waals surface area contributed by atoms with E-state index in [4.69, 9.17) is 0 Å². The maximum atomic E-state index is 13.8. The summed E-state index contributed by atoms with van der Waals surface area (Å²) in [5, 5.41) is 0. The maximum absolute atomic E-state index is 13.8. The highest BCUT2D eigenvalue weighted by Crippen LogP contribution is 2.27. The average Bonchev–Trinajstić information content (AvgIpc) is 2.42. The first-order valence-electron chi connectivity index (χ1n) is 7.14. The predicted molar refractivity (Wildman–Crippen MR) is 77.5 cm³/mol. The number of sulfonamides is 1. The van der Waals surface area contributed by atoms with Gasteiger partial charge >= 0.3 is 0 Å². The first kappa shape index (κ1) is 15.4. The zero-order chi connectivity index (χ0) is 14.8. The number of nitrogens with zero attached hydrogens (tertiary/aromatic N) is 1. The molecule has 0 heterocycles. The van der Waals surface area contributed by atoms with Crippen molar-refractivity contribution in [1.29, 1.82) is 0 Å². The van der Waals surface area contributed by atoms with Crippen LogP contribution in [0, 0.1) is 18.7 Å². The number of halogens is 1. The van der Waals surface area contributed by atoms with Crippen LogP contribution in [0.1, 0.15) is 37.7 Å². The van der Waals surface area contributed by atoms with Crippen LogP contribution in [0.15, 0.2) is 23.1 Å². The molecule has 0 N–H and O–H groups in total. The van der Waals surface area contributed by atoms with Crippen LogP contribution in [0.25, 0.3) is 0 Å². The zero-order valence-electron chi connectivity index (χ0n) is 12.1. The van der Waals surface area contributed by atoms with E-state index in [1.165, 1.54) is 22.9 Å². The molecule has 0 radical (unpaired) electrons. The molecular weight excluding hydrogens is 277 g/mol. The monoisotopic (exact) mass is 299 g/mol. The van der Waals surface area contributed by atoms with Crippen LogP contribution in [-0.2, 0) is 10.0 Å². The first-order chi connectivity index (χ1) is 9.41. The van der Waals surface area contributed by atoms with Crippen molar-refractivity contribution in [3.05, 3.63) is 29.6 Å². The Morgan fingerprint density at radius 1 is 1.25 bits per heavy atom. The van der Waals surface area contributed by atoms with Crippen molar-refractivity contribution in [2.45, 2.75) is 43.9 Å². The molecule has 1 aromatic rings. The molecule has 0 bridgehead atoms. The van der Waals surface area contributed by atoms with E-state index in [2.05, 4.69) is 0 Å². The van der Waals surface area contributed by atoms with Gasteiger partial charge in [-0.3, -0.25) is 0 Å². The van der Waals surface area contributed by atoms with Gasteiger partial charge in [0.25, 0.3) is 0 Å². The number of rotatable bonds is 4. The van der Waals surface area contributed by atoms with Crippen molar-refractivity contribution in [3.8, 4) is 0 Å². The smallest absolute Gasteiger partial charge is 0.207 e. The Bertz CT molecular complexity index is 565. The highest BCUT2D eigenvalue weighted by Gasteiger charge is 2.27. The summed E-state index contributed by atoms with van der Waals surface area (Å²) < 4.78 is 40.0. The molecule has 1 aliphatic carbocycles. The number of benzene rings is 1. The van der Waals surface area contributed by atoms with Crippen LogP contribution in [0.3, 0.4) is 0 Å². The molecule has 20 heavy (non-hydrogen) atoms. The van der Waals surface area contributed by atoms with Gasteiger partial charge in [-0.1, -0.05) is 25.3 Å². The van der Waals surface area contributed by atoms with Gasteiger partial charge in [0, 0.05) is 13.6 Å². The Hall–Kier alpha value is -0.940. The van der Waals surface area contributed by atoms with Gasteiger partial charge in [-0.2, -0.15) is 0 Å². The second-order valence-corrected chi connectivity index (χ2v) is 7.74. The van der Waals surface area contributed by atoms with Crippen molar-refractivity contribution in [2.75, 3.05) is 13.6 Å². The molecule has 1 aliphatic rings. The molecular formula is C15H22FNO2S. The molecule has 0 aliphatic heterocycles. The molecule has 0 saturated heterocycles. The van der Waals surface area contributed by atoms with E-state index >= 15 is 0 Å². The Labute approximate surface area is 120 Å². The molecule has 0 atom stereocenters. The number of aryl methyl sites for hydroxylation is 1. The summed E-state index contributed by atoms with van der Waals surface area (Å²) in [5.41, 5.74) is 0.746. The van der Waals surface area contributed by atoms with Gasteiger partial charge in [-0.25, -0.2) is 17.1 Å². The molecule has 0 amide bonds. The minimum absolute atomic E-state index is 0.212. The lowest BCUT2D eigenvalue weighted by Crippen LogP contribution is -2.33. The standard InChI is InChI=1S/C15H22FNO2S/c1-12-8-9-14(16)15(10-12)20(18,19)17(2)11-13-6-4-3-5-7-13/h8-10,13H,3-7,11H2,1-2H3. The van der Waals surface area contributed by atoms with E-state index < -0.39 is 15.8 Å². The largest absolute Gasteiger partial charge is 0.245 e. The lowest BCUT2D eigenvalue weighted by Gasteiger charge is -2.26. The van der Waals surface area contributed by atoms with Crippen molar-refractivity contribution < 1.29 is 12.8 Å². The Balaban J connectivity index is 2.18. The van der Waals surface area contributed by atoms with Gasteiger partial charge in [-0.15, -0.1) is 0 Å². The van der Waals surface area contributed by atoms with Crippen LogP contribution in [0.4, 0.5) is 4.39 Å². The molecule has 1 saturated carbocycles. The molecule has 2 rings (SSSR count). The minimum Gasteiger partial charge on any atom is -0.207 e. The van der Waals surface area contributed by atoms with Gasteiger partial charge in [0.2, 0.25) is 10.0 Å². The van der Waals surface area contributed by atoms with Crippen LogP contribution in [0.2, 0.25) is 0 Å². The lowest BCUT2D eigenvalue weighted by atomic mass is 9.89. The second kappa shape index (κ2) is 6.22. The highest BCUT2D eigenvalue weighted by atomic mass is 32.2. The summed E-state index contributed by atoms with van der Waals surface area (Å²) in [5.74, 6) is -0.275. The van der Waals surface area contributed by atoms with E-state index in [0.29, 0.717) is 12.5 Å². The van der Waals surface area contributed by atoms with Crippen LogP contribution in [-0.4, -0.2) is 26.3 Å². The van der Waals surface area contributed by atoms with Crippen molar-refractivity contribution in [3.63, 3.8) is 0 Å². The van der Waals surface area contributed by atoms with E-state index in [-0.39, 0.29) is 4.90 Å². The number of hydrogen-bond acceptors (Lipinski definition) is 2. The predicted octanol–water partition coefficient (Wildman–Crippen LogP) is 3.33. The highest BCUT2D eigenvalue weighted by molar-refractivity contribution is 7.89. The summed E-state index contributed by atoms with van der Waals surface area (Å²) in [4.78, 5) is -0.212. The topological polar surface area (TPSA) is 37.4 Å². The summed E-state index contributed by atoms with van der Waals surface area (Å²) in [6.07, 6.45) is 5.69. The van der Waals surface area contributed by atoms with Crippen LogP contribution in [0.5, 0.6) is 0 Å². The molecule has 112 valence electrons. The van der Waals surface area contributed by atoms with E-state index in [0.717, 1.165) is 31.2 Å². The van der Waals surface area contributed by atoms with E-state index in [1.54, 1.807) is 20.0 Å². The molecule has 0 aromatic heterocycles. The Morgan fingerprint density at radius 2 is 1.90 bits per heavy atom. The molecule has 1 fully saturated rings. The molecule has 3 nitrogen and oxygen atoms in total. The SMILES string of the molecule is Cc1ccc(F)c(S(=O)(=O)N(C)CC2CCCCC2)c1. The third-order valence-electron chi connectivity index (χ3n) is 4.01. The molecule has 0 unspecified atom stereocenters. The van der Waals surface area contributed by atoms with Crippen molar-refractivity contribution >= 4 is 10.0 Å². The maximum Gasteiger partial charge on any atom is 0.245 e.